The van der Waals surface area contributed by atoms with Gasteiger partial charge in [0.05, 0.1) is 0 Å². The third-order valence-corrected chi connectivity index (χ3v) is 3.77. The Bertz CT molecular complexity index is 283. The molecule has 0 aliphatic rings. The number of likely N-dealkylation sites (N-methyl/N-ethyl adjacent to an activating group) is 1. The van der Waals surface area contributed by atoms with Crippen molar-refractivity contribution in [2.24, 2.45) is 5.73 Å². The highest BCUT2D eigenvalue weighted by Crippen LogP contribution is 2.23. The van der Waals surface area contributed by atoms with E-state index in [-0.39, 0.29) is 5.54 Å². The Morgan fingerprint density at radius 2 is 1.69 bits per heavy atom. The molecule has 0 fully saturated rings. The zero-order valence-corrected chi connectivity index (χ0v) is 10.7. The van der Waals surface area contributed by atoms with Gasteiger partial charge in [0.2, 0.25) is 0 Å². The number of nitrogens with two attached hydrogens (primary N) is 1. The molecule has 90 valence electrons. The zero-order chi connectivity index (χ0) is 12.0. The predicted octanol–water partition coefficient (Wildman–Crippen LogP) is 2.64. The summed E-state index contributed by atoms with van der Waals surface area (Å²) >= 11 is 0. The van der Waals surface area contributed by atoms with Crippen LogP contribution in [0.2, 0.25) is 0 Å². The molecule has 0 aromatic heterocycles. The minimum absolute atomic E-state index is 0.149. The molecule has 2 nitrogen and oxygen atoms in total. The van der Waals surface area contributed by atoms with Crippen LogP contribution in [-0.4, -0.2) is 24.0 Å². The van der Waals surface area contributed by atoms with Crippen molar-refractivity contribution in [2.75, 3.05) is 13.6 Å². The summed E-state index contributed by atoms with van der Waals surface area (Å²) in [6.45, 7) is 6.14. The molecule has 1 aromatic rings. The summed E-state index contributed by atoms with van der Waals surface area (Å²) < 4.78 is 0. The first-order valence-electron chi connectivity index (χ1n) is 6.13. The van der Waals surface area contributed by atoms with Crippen LogP contribution in [0.15, 0.2) is 30.3 Å². The summed E-state index contributed by atoms with van der Waals surface area (Å²) in [6.07, 6.45) is 2.20. The molecule has 0 spiro atoms. The van der Waals surface area contributed by atoms with Crippen LogP contribution in [0.4, 0.5) is 0 Å². The van der Waals surface area contributed by atoms with E-state index in [9.17, 15) is 0 Å². The van der Waals surface area contributed by atoms with Crippen LogP contribution in [0, 0.1) is 0 Å². The predicted molar refractivity (Wildman–Crippen MR) is 70.3 cm³/mol. The Balaban J connectivity index is 2.73. The molecule has 0 bridgehead atoms. The van der Waals surface area contributed by atoms with Gasteiger partial charge in [-0.05, 0) is 25.5 Å². The van der Waals surface area contributed by atoms with E-state index in [0.717, 1.165) is 25.9 Å². The summed E-state index contributed by atoms with van der Waals surface area (Å²) in [5.74, 6) is 0. The fourth-order valence-electron chi connectivity index (χ4n) is 2.26. The maximum atomic E-state index is 5.94. The maximum absolute atomic E-state index is 5.94. The van der Waals surface area contributed by atoms with Crippen LogP contribution in [0.5, 0.6) is 0 Å². The minimum Gasteiger partial charge on any atom is -0.329 e. The molecule has 0 saturated heterocycles. The SMILES string of the molecule is CCC(CC)(CN)N(C)Cc1ccccc1. The zero-order valence-electron chi connectivity index (χ0n) is 10.7. The van der Waals surface area contributed by atoms with Gasteiger partial charge in [-0.3, -0.25) is 4.90 Å². The molecule has 0 aliphatic heterocycles. The molecule has 1 aromatic carbocycles. The first-order valence-corrected chi connectivity index (χ1v) is 6.13. The number of hydrogen-bond acceptors (Lipinski definition) is 2. The van der Waals surface area contributed by atoms with Crippen molar-refractivity contribution < 1.29 is 0 Å². The lowest BCUT2D eigenvalue weighted by atomic mass is 9.90. The van der Waals surface area contributed by atoms with Crippen molar-refractivity contribution in [1.82, 2.24) is 4.90 Å². The minimum atomic E-state index is 0.149. The van der Waals surface area contributed by atoms with Crippen LogP contribution in [0.25, 0.3) is 0 Å². The van der Waals surface area contributed by atoms with Gasteiger partial charge in [0, 0.05) is 18.6 Å². The fourth-order valence-corrected chi connectivity index (χ4v) is 2.26. The quantitative estimate of drug-likeness (QED) is 0.798. The normalized spacial score (nSPS) is 12.1. The smallest absolute Gasteiger partial charge is 0.0327 e. The van der Waals surface area contributed by atoms with Crippen molar-refractivity contribution in [3.8, 4) is 0 Å². The highest BCUT2D eigenvalue weighted by atomic mass is 15.2. The number of rotatable bonds is 6. The van der Waals surface area contributed by atoms with Gasteiger partial charge in [-0.1, -0.05) is 44.2 Å². The number of nitrogens with zero attached hydrogens (tertiary/aromatic N) is 1. The molecule has 0 amide bonds. The summed E-state index contributed by atoms with van der Waals surface area (Å²) in [5, 5.41) is 0. The standard InChI is InChI=1S/C14H24N2/c1-4-14(5-2,12-15)16(3)11-13-9-7-6-8-10-13/h6-10H,4-5,11-12,15H2,1-3H3. The molecule has 0 unspecified atom stereocenters. The van der Waals surface area contributed by atoms with Crippen molar-refractivity contribution in [2.45, 2.75) is 38.8 Å². The second kappa shape index (κ2) is 6.02. The Morgan fingerprint density at radius 1 is 1.12 bits per heavy atom. The second-order valence-electron chi connectivity index (χ2n) is 4.48. The molecule has 1 rings (SSSR count). The third kappa shape index (κ3) is 2.83. The summed E-state index contributed by atoms with van der Waals surface area (Å²) in [6, 6.07) is 10.6. The Labute approximate surface area is 99.5 Å². The average Bonchev–Trinajstić information content (AvgIpc) is 2.33. The topological polar surface area (TPSA) is 29.3 Å². The van der Waals surface area contributed by atoms with E-state index in [1.807, 2.05) is 0 Å². The van der Waals surface area contributed by atoms with Crippen LogP contribution in [0.1, 0.15) is 32.3 Å². The van der Waals surface area contributed by atoms with E-state index < -0.39 is 0 Å². The van der Waals surface area contributed by atoms with E-state index in [0.29, 0.717) is 0 Å². The summed E-state index contributed by atoms with van der Waals surface area (Å²) in [5.41, 5.74) is 7.44. The summed E-state index contributed by atoms with van der Waals surface area (Å²) in [4.78, 5) is 2.39. The second-order valence-corrected chi connectivity index (χ2v) is 4.48. The van der Waals surface area contributed by atoms with Gasteiger partial charge >= 0.3 is 0 Å². The Morgan fingerprint density at radius 3 is 2.12 bits per heavy atom. The fraction of sp³-hybridized carbons (Fsp3) is 0.571. The van der Waals surface area contributed by atoms with E-state index in [2.05, 4.69) is 56.1 Å². The first-order chi connectivity index (χ1) is 7.68. The van der Waals surface area contributed by atoms with Crippen molar-refractivity contribution >= 4 is 0 Å². The van der Waals surface area contributed by atoms with Crippen LogP contribution in [-0.2, 0) is 6.54 Å². The lowest BCUT2D eigenvalue weighted by Crippen LogP contribution is -2.50. The molecular weight excluding hydrogens is 196 g/mol. The van der Waals surface area contributed by atoms with Crippen molar-refractivity contribution in [1.29, 1.82) is 0 Å². The lowest BCUT2D eigenvalue weighted by Gasteiger charge is -2.40. The monoisotopic (exact) mass is 220 g/mol. The largest absolute Gasteiger partial charge is 0.329 e. The molecule has 0 saturated carbocycles. The van der Waals surface area contributed by atoms with Crippen LogP contribution >= 0.6 is 0 Å². The Hall–Kier alpha value is -0.860. The van der Waals surface area contributed by atoms with Gasteiger partial charge in [-0.2, -0.15) is 0 Å². The molecule has 2 N–H and O–H groups in total. The van der Waals surface area contributed by atoms with E-state index in [1.54, 1.807) is 0 Å². The van der Waals surface area contributed by atoms with Gasteiger partial charge in [-0.25, -0.2) is 0 Å². The molecule has 16 heavy (non-hydrogen) atoms. The highest BCUT2D eigenvalue weighted by Gasteiger charge is 2.28. The Kier molecular flexibility index (Phi) is 4.97. The lowest BCUT2D eigenvalue weighted by molar-refractivity contribution is 0.108. The van der Waals surface area contributed by atoms with E-state index in [4.69, 9.17) is 5.73 Å². The maximum Gasteiger partial charge on any atom is 0.0327 e. The highest BCUT2D eigenvalue weighted by molar-refractivity contribution is 5.15. The van der Waals surface area contributed by atoms with Gasteiger partial charge in [0.25, 0.3) is 0 Å². The molecule has 0 radical (unpaired) electrons. The molecule has 0 heterocycles. The van der Waals surface area contributed by atoms with Crippen molar-refractivity contribution in [3.63, 3.8) is 0 Å². The van der Waals surface area contributed by atoms with Gasteiger partial charge < -0.3 is 5.73 Å². The van der Waals surface area contributed by atoms with Crippen molar-refractivity contribution in [3.05, 3.63) is 35.9 Å². The van der Waals surface area contributed by atoms with Crippen LogP contribution < -0.4 is 5.73 Å². The number of hydrogen-bond donors (Lipinski definition) is 1. The van der Waals surface area contributed by atoms with Gasteiger partial charge in [0.1, 0.15) is 0 Å². The third-order valence-electron chi connectivity index (χ3n) is 3.77. The molecule has 2 heteroatoms. The first kappa shape index (κ1) is 13.2. The van der Waals surface area contributed by atoms with E-state index in [1.165, 1.54) is 5.56 Å². The van der Waals surface area contributed by atoms with Gasteiger partial charge in [0.15, 0.2) is 0 Å². The van der Waals surface area contributed by atoms with Gasteiger partial charge in [-0.15, -0.1) is 0 Å². The van der Waals surface area contributed by atoms with E-state index >= 15 is 0 Å². The summed E-state index contributed by atoms with van der Waals surface area (Å²) in [7, 11) is 2.17. The molecular formula is C14H24N2. The van der Waals surface area contributed by atoms with Crippen LogP contribution in [0.3, 0.4) is 0 Å². The molecule has 0 aliphatic carbocycles. The molecule has 0 atom stereocenters. The average molecular weight is 220 g/mol. The number of benzene rings is 1.